The van der Waals surface area contributed by atoms with E-state index < -0.39 is 23.9 Å². The van der Waals surface area contributed by atoms with Crippen molar-refractivity contribution in [1.29, 1.82) is 0 Å². The minimum absolute atomic E-state index is 0.286. The number of nitrogens with zero attached hydrogens (tertiary/aromatic N) is 2. The number of rotatable bonds is 4. The number of hydrogen-bond donors (Lipinski definition) is 0. The molecule has 118 valence electrons. The van der Waals surface area contributed by atoms with E-state index in [4.69, 9.17) is 4.74 Å². The van der Waals surface area contributed by atoms with Gasteiger partial charge in [0.2, 0.25) is 0 Å². The summed E-state index contributed by atoms with van der Waals surface area (Å²) in [4.78, 5) is 38.7. The van der Waals surface area contributed by atoms with Crippen LogP contribution in [0, 0.1) is 6.92 Å². The van der Waals surface area contributed by atoms with Gasteiger partial charge in [-0.1, -0.05) is 17.7 Å². The molecule has 1 heterocycles. The van der Waals surface area contributed by atoms with E-state index >= 15 is 0 Å². The molecule has 1 aliphatic rings. The van der Waals surface area contributed by atoms with Crippen molar-refractivity contribution >= 4 is 23.6 Å². The first-order valence-corrected chi connectivity index (χ1v) is 7.22. The number of carbonyl (C=O) groups excluding carboxylic acids is 3. The average Bonchev–Trinajstić information content (AvgIpc) is 2.63. The van der Waals surface area contributed by atoms with Gasteiger partial charge in [-0.3, -0.25) is 19.4 Å². The first-order chi connectivity index (χ1) is 10.3. The molecule has 6 heteroatoms. The molecule has 1 aliphatic heterocycles. The fraction of sp³-hybridized carbons (Fsp3) is 0.438. The molecule has 1 saturated heterocycles. The van der Waals surface area contributed by atoms with Crippen LogP contribution in [0.15, 0.2) is 24.3 Å². The van der Waals surface area contributed by atoms with Crippen molar-refractivity contribution in [1.82, 2.24) is 4.90 Å². The zero-order valence-corrected chi connectivity index (χ0v) is 13.2. The maximum atomic E-state index is 12.5. The van der Waals surface area contributed by atoms with Gasteiger partial charge < -0.3 is 4.74 Å². The standard InChI is InChI=1S/C16H20N2O4/c1-10(2)22-14(19)9-17-15(20)12(4)18(16(17)21)13-7-5-11(3)6-8-13/h5-8,10,12H,9H2,1-4H3. The van der Waals surface area contributed by atoms with Gasteiger partial charge in [0.25, 0.3) is 5.91 Å². The zero-order chi connectivity index (χ0) is 16.4. The van der Waals surface area contributed by atoms with E-state index in [-0.39, 0.29) is 12.6 Å². The lowest BCUT2D eigenvalue weighted by Crippen LogP contribution is -2.38. The van der Waals surface area contributed by atoms with Crippen molar-refractivity contribution in [3.8, 4) is 0 Å². The van der Waals surface area contributed by atoms with Gasteiger partial charge in [-0.05, 0) is 39.8 Å². The van der Waals surface area contributed by atoms with Gasteiger partial charge in [0.15, 0.2) is 0 Å². The molecule has 0 bridgehead atoms. The fourth-order valence-corrected chi connectivity index (χ4v) is 2.34. The summed E-state index contributed by atoms with van der Waals surface area (Å²) in [6.07, 6.45) is -0.286. The number of urea groups is 1. The third-order valence-corrected chi connectivity index (χ3v) is 3.41. The van der Waals surface area contributed by atoms with E-state index in [0.29, 0.717) is 5.69 Å². The number of benzene rings is 1. The van der Waals surface area contributed by atoms with Crippen LogP contribution >= 0.6 is 0 Å². The van der Waals surface area contributed by atoms with Crippen molar-refractivity contribution in [2.24, 2.45) is 0 Å². The first-order valence-electron chi connectivity index (χ1n) is 7.22. The van der Waals surface area contributed by atoms with Crippen LogP contribution in [-0.2, 0) is 14.3 Å². The molecule has 2 rings (SSSR count). The molecule has 6 nitrogen and oxygen atoms in total. The Balaban J connectivity index is 2.18. The zero-order valence-electron chi connectivity index (χ0n) is 13.2. The van der Waals surface area contributed by atoms with Crippen LogP contribution in [0.1, 0.15) is 26.3 Å². The van der Waals surface area contributed by atoms with Crippen molar-refractivity contribution in [3.05, 3.63) is 29.8 Å². The highest BCUT2D eigenvalue weighted by atomic mass is 16.5. The second-order valence-corrected chi connectivity index (χ2v) is 5.63. The number of esters is 1. The summed E-state index contributed by atoms with van der Waals surface area (Å²) in [6.45, 7) is 6.66. The van der Waals surface area contributed by atoms with Crippen LogP contribution in [-0.4, -0.2) is 41.5 Å². The topological polar surface area (TPSA) is 66.9 Å². The van der Waals surface area contributed by atoms with Gasteiger partial charge in [-0.2, -0.15) is 0 Å². The van der Waals surface area contributed by atoms with Gasteiger partial charge in [0, 0.05) is 5.69 Å². The van der Waals surface area contributed by atoms with Crippen molar-refractivity contribution in [2.75, 3.05) is 11.4 Å². The van der Waals surface area contributed by atoms with E-state index in [1.54, 1.807) is 32.9 Å². The Morgan fingerprint density at radius 1 is 1.23 bits per heavy atom. The molecule has 0 N–H and O–H groups in total. The van der Waals surface area contributed by atoms with E-state index in [2.05, 4.69) is 0 Å². The summed E-state index contributed by atoms with van der Waals surface area (Å²) < 4.78 is 5.00. The van der Waals surface area contributed by atoms with Gasteiger partial charge in [0.05, 0.1) is 6.10 Å². The summed E-state index contributed by atoms with van der Waals surface area (Å²) in [7, 11) is 0. The Morgan fingerprint density at radius 2 is 1.82 bits per heavy atom. The van der Waals surface area contributed by atoms with Crippen LogP contribution in [0.4, 0.5) is 10.5 Å². The second kappa shape index (κ2) is 6.17. The Kier molecular flexibility index (Phi) is 4.49. The second-order valence-electron chi connectivity index (χ2n) is 5.63. The van der Waals surface area contributed by atoms with E-state index in [0.717, 1.165) is 10.5 Å². The SMILES string of the molecule is Cc1ccc(N2C(=O)N(CC(=O)OC(C)C)C(=O)C2C)cc1. The van der Waals surface area contributed by atoms with Crippen LogP contribution in [0.5, 0.6) is 0 Å². The average molecular weight is 304 g/mol. The lowest BCUT2D eigenvalue weighted by molar-refractivity contribution is -0.150. The van der Waals surface area contributed by atoms with E-state index in [1.807, 2.05) is 19.1 Å². The Bertz CT molecular complexity index is 595. The number of imide groups is 1. The molecule has 3 amide bonds. The number of carbonyl (C=O) groups is 3. The van der Waals surface area contributed by atoms with Crippen molar-refractivity contribution in [2.45, 2.75) is 39.8 Å². The predicted octanol–water partition coefficient (Wildman–Crippen LogP) is 2.10. The molecule has 1 aromatic rings. The number of amides is 3. The molecule has 1 unspecified atom stereocenters. The molecular formula is C16H20N2O4. The molecule has 1 atom stereocenters. The van der Waals surface area contributed by atoms with Gasteiger partial charge in [-0.15, -0.1) is 0 Å². The minimum Gasteiger partial charge on any atom is -0.462 e. The van der Waals surface area contributed by atoms with Gasteiger partial charge in [-0.25, -0.2) is 4.79 Å². The quantitative estimate of drug-likeness (QED) is 0.631. The van der Waals surface area contributed by atoms with Crippen molar-refractivity contribution in [3.63, 3.8) is 0 Å². The molecule has 0 aliphatic carbocycles. The molecule has 0 radical (unpaired) electrons. The van der Waals surface area contributed by atoms with Crippen molar-refractivity contribution < 1.29 is 19.1 Å². The summed E-state index contributed by atoms with van der Waals surface area (Å²) >= 11 is 0. The van der Waals surface area contributed by atoms with Crippen LogP contribution < -0.4 is 4.90 Å². The molecule has 0 spiro atoms. The molecular weight excluding hydrogens is 284 g/mol. The number of ether oxygens (including phenoxy) is 1. The molecule has 1 fully saturated rings. The summed E-state index contributed by atoms with van der Waals surface area (Å²) in [5.41, 5.74) is 1.70. The third kappa shape index (κ3) is 3.10. The predicted molar refractivity (Wildman–Crippen MR) is 81.5 cm³/mol. The maximum absolute atomic E-state index is 12.5. The number of anilines is 1. The Labute approximate surface area is 129 Å². The molecule has 1 aromatic carbocycles. The highest BCUT2D eigenvalue weighted by Gasteiger charge is 2.44. The lowest BCUT2D eigenvalue weighted by atomic mass is 10.2. The summed E-state index contributed by atoms with van der Waals surface area (Å²) in [5.74, 6) is -0.985. The van der Waals surface area contributed by atoms with Gasteiger partial charge >= 0.3 is 12.0 Å². The Morgan fingerprint density at radius 3 is 2.36 bits per heavy atom. The van der Waals surface area contributed by atoms with E-state index in [9.17, 15) is 14.4 Å². The van der Waals surface area contributed by atoms with Gasteiger partial charge in [0.1, 0.15) is 12.6 Å². The number of hydrogen-bond acceptors (Lipinski definition) is 4. The maximum Gasteiger partial charge on any atom is 0.332 e. The normalized spacial score (nSPS) is 18.3. The Hall–Kier alpha value is -2.37. The summed E-state index contributed by atoms with van der Waals surface area (Å²) in [5, 5.41) is 0. The smallest absolute Gasteiger partial charge is 0.332 e. The van der Waals surface area contributed by atoms with E-state index in [1.165, 1.54) is 4.90 Å². The monoisotopic (exact) mass is 304 g/mol. The molecule has 0 saturated carbocycles. The minimum atomic E-state index is -0.637. The van der Waals surface area contributed by atoms with Crippen LogP contribution in [0.3, 0.4) is 0 Å². The molecule has 0 aromatic heterocycles. The fourth-order valence-electron chi connectivity index (χ4n) is 2.34. The molecule has 22 heavy (non-hydrogen) atoms. The highest BCUT2D eigenvalue weighted by molar-refractivity contribution is 6.15. The first kappa shape index (κ1) is 16.0. The largest absolute Gasteiger partial charge is 0.462 e. The number of aryl methyl sites for hydroxylation is 1. The highest BCUT2D eigenvalue weighted by Crippen LogP contribution is 2.25. The van der Waals surface area contributed by atoms with Crippen LogP contribution in [0.2, 0.25) is 0 Å². The van der Waals surface area contributed by atoms with Crippen LogP contribution in [0.25, 0.3) is 0 Å². The lowest BCUT2D eigenvalue weighted by Gasteiger charge is -2.19. The summed E-state index contributed by atoms with van der Waals surface area (Å²) in [6, 6.07) is 6.18. The third-order valence-electron chi connectivity index (χ3n) is 3.41.